The number of sulfonamides is 1. The van der Waals surface area contributed by atoms with Gasteiger partial charge >= 0.3 is 0 Å². The van der Waals surface area contributed by atoms with Gasteiger partial charge in [-0.05, 0) is 61.7 Å². The van der Waals surface area contributed by atoms with Gasteiger partial charge in [0.15, 0.2) is 0 Å². The number of carbonyl (C=O) groups is 1. The summed E-state index contributed by atoms with van der Waals surface area (Å²) in [7, 11) is -3.49. The van der Waals surface area contributed by atoms with Crippen LogP contribution in [-0.4, -0.2) is 31.7 Å². The van der Waals surface area contributed by atoms with Gasteiger partial charge in [-0.25, -0.2) is 8.42 Å². The first kappa shape index (κ1) is 18.9. The number of aryl methyl sites for hydroxylation is 1. The molecule has 7 heteroatoms. The number of rotatable bonds is 4. The second kappa shape index (κ2) is 7.78. The van der Waals surface area contributed by atoms with Crippen LogP contribution in [0.3, 0.4) is 0 Å². The fourth-order valence-corrected chi connectivity index (χ4v) is 4.60. The van der Waals surface area contributed by atoms with Gasteiger partial charge in [0, 0.05) is 29.4 Å². The predicted octanol–water partition coefficient (Wildman–Crippen LogP) is 4.08. The van der Waals surface area contributed by atoms with Gasteiger partial charge < -0.3 is 5.32 Å². The highest BCUT2D eigenvalue weighted by atomic mass is 35.5. The number of amides is 1. The third-order valence-corrected chi connectivity index (χ3v) is 6.82. The lowest BCUT2D eigenvalue weighted by atomic mass is 10.2. The summed E-state index contributed by atoms with van der Waals surface area (Å²) in [5.41, 5.74) is 1.91. The van der Waals surface area contributed by atoms with Crippen LogP contribution in [0.4, 0.5) is 5.69 Å². The molecule has 3 rings (SSSR count). The number of hydrogen-bond acceptors (Lipinski definition) is 3. The molecule has 1 amide bonds. The van der Waals surface area contributed by atoms with Gasteiger partial charge in [-0.3, -0.25) is 4.79 Å². The van der Waals surface area contributed by atoms with E-state index in [9.17, 15) is 13.2 Å². The number of nitrogens with one attached hydrogen (secondary N) is 1. The highest BCUT2D eigenvalue weighted by Crippen LogP contribution is 2.22. The van der Waals surface area contributed by atoms with Crippen LogP contribution in [0.25, 0.3) is 0 Å². The molecule has 1 fully saturated rings. The summed E-state index contributed by atoms with van der Waals surface area (Å²) in [6.45, 7) is 2.99. The molecule has 1 N–H and O–H groups in total. The van der Waals surface area contributed by atoms with E-state index >= 15 is 0 Å². The van der Waals surface area contributed by atoms with Crippen molar-refractivity contribution in [1.29, 1.82) is 0 Å². The largest absolute Gasteiger partial charge is 0.322 e. The maximum Gasteiger partial charge on any atom is 0.255 e. The van der Waals surface area contributed by atoms with Crippen LogP contribution < -0.4 is 5.32 Å². The Kier molecular flexibility index (Phi) is 5.65. The van der Waals surface area contributed by atoms with Gasteiger partial charge in [-0.15, -0.1) is 0 Å². The normalized spacial score (nSPS) is 15.6. The summed E-state index contributed by atoms with van der Waals surface area (Å²) in [6, 6.07) is 11.3. The van der Waals surface area contributed by atoms with Crippen molar-refractivity contribution in [1.82, 2.24) is 4.31 Å². The van der Waals surface area contributed by atoms with E-state index in [1.165, 1.54) is 28.6 Å². The molecule has 26 heavy (non-hydrogen) atoms. The summed E-state index contributed by atoms with van der Waals surface area (Å²) in [5, 5.41) is 3.34. The van der Waals surface area contributed by atoms with Crippen LogP contribution in [0.15, 0.2) is 47.4 Å². The van der Waals surface area contributed by atoms with Crippen molar-refractivity contribution < 1.29 is 13.2 Å². The highest BCUT2D eigenvalue weighted by molar-refractivity contribution is 7.89. The molecule has 0 bridgehead atoms. The van der Waals surface area contributed by atoms with Crippen LogP contribution in [0.1, 0.15) is 35.2 Å². The van der Waals surface area contributed by atoms with Crippen molar-refractivity contribution in [2.24, 2.45) is 0 Å². The molecule has 0 aromatic heterocycles. The fraction of sp³-hybridized carbons (Fsp3) is 0.316. The van der Waals surface area contributed by atoms with Crippen molar-refractivity contribution >= 4 is 33.2 Å². The molecule has 0 saturated carbocycles. The molecule has 138 valence electrons. The minimum absolute atomic E-state index is 0.217. The first-order valence-electron chi connectivity index (χ1n) is 8.55. The van der Waals surface area contributed by atoms with Crippen LogP contribution >= 0.6 is 11.6 Å². The van der Waals surface area contributed by atoms with Crippen LogP contribution in [0.5, 0.6) is 0 Å². The minimum Gasteiger partial charge on any atom is -0.322 e. The van der Waals surface area contributed by atoms with E-state index in [4.69, 9.17) is 11.6 Å². The van der Waals surface area contributed by atoms with Crippen LogP contribution in [0, 0.1) is 6.92 Å². The van der Waals surface area contributed by atoms with Gasteiger partial charge in [0.1, 0.15) is 0 Å². The van der Waals surface area contributed by atoms with E-state index in [2.05, 4.69) is 5.32 Å². The van der Waals surface area contributed by atoms with E-state index in [0.717, 1.165) is 24.8 Å². The van der Waals surface area contributed by atoms with Crippen LogP contribution in [0.2, 0.25) is 5.02 Å². The Bertz CT molecular complexity index is 905. The summed E-state index contributed by atoms with van der Waals surface area (Å²) in [5.74, 6) is -0.313. The zero-order valence-electron chi connectivity index (χ0n) is 14.5. The lowest BCUT2D eigenvalue weighted by molar-refractivity contribution is 0.102. The molecule has 1 heterocycles. The Morgan fingerprint density at radius 1 is 1.04 bits per heavy atom. The topological polar surface area (TPSA) is 66.5 Å². The fourth-order valence-electron chi connectivity index (χ4n) is 2.91. The molecule has 0 radical (unpaired) electrons. The smallest absolute Gasteiger partial charge is 0.255 e. The number of anilines is 1. The Labute approximate surface area is 159 Å². The molecular formula is C19H21ClN2O3S. The molecule has 0 unspecified atom stereocenters. The number of hydrogen-bond donors (Lipinski definition) is 1. The van der Waals surface area contributed by atoms with Crippen molar-refractivity contribution in [3.05, 3.63) is 58.6 Å². The number of carbonyl (C=O) groups excluding carboxylic acids is 1. The molecule has 5 nitrogen and oxygen atoms in total. The third-order valence-electron chi connectivity index (χ3n) is 4.50. The molecule has 0 atom stereocenters. The number of nitrogens with zero attached hydrogens (tertiary/aromatic N) is 1. The van der Waals surface area contributed by atoms with Crippen molar-refractivity contribution in [3.63, 3.8) is 0 Å². The van der Waals surface area contributed by atoms with E-state index in [0.29, 0.717) is 29.4 Å². The van der Waals surface area contributed by atoms with E-state index in [-0.39, 0.29) is 10.8 Å². The van der Waals surface area contributed by atoms with E-state index in [1.54, 1.807) is 12.1 Å². The highest BCUT2D eigenvalue weighted by Gasteiger charge is 2.25. The standard InChI is InChI=1S/C19H21ClN2O3S/c1-14-5-8-16(13-18(14)20)21-19(23)15-6-9-17(10-7-15)26(24,25)22-11-3-2-4-12-22/h5-10,13H,2-4,11-12H2,1H3,(H,21,23). The maximum atomic E-state index is 12.6. The Morgan fingerprint density at radius 3 is 2.31 bits per heavy atom. The lowest BCUT2D eigenvalue weighted by Crippen LogP contribution is -2.35. The van der Waals surface area contributed by atoms with Gasteiger partial charge in [0.05, 0.1) is 4.90 Å². The Morgan fingerprint density at radius 2 is 1.69 bits per heavy atom. The quantitative estimate of drug-likeness (QED) is 0.852. The molecule has 1 aliphatic rings. The van der Waals surface area contributed by atoms with Gasteiger partial charge in [-0.1, -0.05) is 24.1 Å². The molecular weight excluding hydrogens is 372 g/mol. The van der Waals surface area contributed by atoms with Crippen LogP contribution in [-0.2, 0) is 10.0 Å². The lowest BCUT2D eigenvalue weighted by Gasteiger charge is -2.25. The number of benzene rings is 2. The maximum absolute atomic E-state index is 12.6. The zero-order valence-corrected chi connectivity index (χ0v) is 16.1. The van der Waals surface area contributed by atoms with Crippen molar-refractivity contribution in [2.75, 3.05) is 18.4 Å². The first-order valence-corrected chi connectivity index (χ1v) is 10.4. The SMILES string of the molecule is Cc1ccc(NC(=O)c2ccc(S(=O)(=O)N3CCCCC3)cc2)cc1Cl. The molecule has 2 aromatic rings. The Hall–Kier alpha value is -1.89. The summed E-state index contributed by atoms with van der Waals surface area (Å²) < 4.78 is 26.8. The van der Waals surface area contributed by atoms with Gasteiger partial charge in [0.25, 0.3) is 5.91 Å². The van der Waals surface area contributed by atoms with Gasteiger partial charge in [-0.2, -0.15) is 4.31 Å². The van der Waals surface area contributed by atoms with Crippen molar-refractivity contribution in [3.8, 4) is 0 Å². The van der Waals surface area contributed by atoms with E-state index in [1.807, 2.05) is 13.0 Å². The second-order valence-corrected chi connectivity index (χ2v) is 8.75. The molecule has 2 aromatic carbocycles. The van der Waals surface area contributed by atoms with Crippen molar-refractivity contribution in [2.45, 2.75) is 31.1 Å². The predicted molar refractivity (Wildman–Crippen MR) is 103 cm³/mol. The molecule has 0 spiro atoms. The summed E-state index contributed by atoms with van der Waals surface area (Å²) in [6.07, 6.45) is 2.84. The molecule has 1 saturated heterocycles. The third kappa shape index (κ3) is 4.09. The summed E-state index contributed by atoms with van der Waals surface area (Å²) in [4.78, 5) is 12.6. The number of halogens is 1. The zero-order chi connectivity index (χ0) is 18.7. The second-order valence-electron chi connectivity index (χ2n) is 6.41. The molecule has 0 aliphatic carbocycles. The average molecular weight is 393 g/mol. The van der Waals surface area contributed by atoms with Gasteiger partial charge in [0.2, 0.25) is 10.0 Å². The monoisotopic (exact) mass is 392 g/mol. The van der Waals surface area contributed by atoms with E-state index < -0.39 is 10.0 Å². The Balaban J connectivity index is 1.74. The average Bonchev–Trinajstić information content (AvgIpc) is 2.65. The summed E-state index contributed by atoms with van der Waals surface area (Å²) >= 11 is 6.07. The minimum atomic E-state index is -3.49. The number of piperidine rings is 1. The molecule has 1 aliphatic heterocycles. The first-order chi connectivity index (χ1) is 12.4.